The Bertz CT molecular complexity index is 884. The van der Waals surface area contributed by atoms with Crippen LogP contribution >= 0.6 is 12.2 Å². The van der Waals surface area contributed by atoms with E-state index in [1.807, 2.05) is 53.2 Å². The second-order valence-electron chi connectivity index (χ2n) is 5.82. The fourth-order valence-corrected chi connectivity index (χ4v) is 2.75. The molecule has 0 unspecified atom stereocenters. The van der Waals surface area contributed by atoms with Gasteiger partial charge < -0.3 is 16.4 Å². The largest absolute Gasteiger partial charge is 0.399 e. The highest BCUT2D eigenvalue weighted by molar-refractivity contribution is 7.80. The van der Waals surface area contributed by atoms with Gasteiger partial charge in [-0.15, -0.1) is 0 Å². The van der Waals surface area contributed by atoms with Gasteiger partial charge in [-0.25, -0.2) is 4.68 Å². The van der Waals surface area contributed by atoms with Crippen LogP contribution < -0.4 is 16.4 Å². The number of nitrogens with two attached hydrogens (primary N) is 1. The van der Waals surface area contributed by atoms with Gasteiger partial charge in [0.15, 0.2) is 5.11 Å². The minimum absolute atomic E-state index is 0.564. The van der Waals surface area contributed by atoms with Crippen LogP contribution in [0.3, 0.4) is 0 Å². The van der Waals surface area contributed by atoms with E-state index in [1.54, 1.807) is 6.20 Å². The van der Waals surface area contributed by atoms with Crippen molar-refractivity contribution in [3.63, 3.8) is 0 Å². The zero-order chi connectivity index (χ0) is 18.4. The average molecular weight is 363 g/mol. The average Bonchev–Trinajstić information content (AvgIpc) is 3.11. The molecule has 0 spiro atoms. The second-order valence-corrected chi connectivity index (χ2v) is 6.23. The first-order valence-electron chi connectivity index (χ1n) is 8.31. The van der Waals surface area contributed by atoms with E-state index in [2.05, 4.69) is 34.4 Å². The Morgan fingerprint density at radius 2 is 1.81 bits per heavy atom. The van der Waals surface area contributed by atoms with Gasteiger partial charge in [0.1, 0.15) is 5.82 Å². The fourth-order valence-electron chi connectivity index (χ4n) is 2.54. The Hall–Kier alpha value is -3.12. The number of anilines is 1. The maximum absolute atomic E-state index is 5.68. The van der Waals surface area contributed by atoms with Gasteiger partial charge in [-0.3, -0.25) is 0 Å². The molecule has 0 amide bonds. The first-order valence-corrected chi connectivity index (χ1v) is 8.72. The lowest BCUT2D eigenvalue weighted by molar-refractivity contribution is 0.864. The van der Waals surface area contributed by atoms with Crippen molar-refractivity contribution >= 4 is 28.8 Å². The molecule has 2 aromatic carbocycles. The van der Waals surface area contributed by atoms with Crippen LogP contribution in [0.1, 0.15) is 11.1 Å². The van der Waals surface area contributed by atoms with Gasteiger partial charge in [0, 0.05) is 18.3 Å². The summed E-state index contributed by atoms with van der Waals surface area (Å²) in [6, 6.07) is 19.9. The highest BCUT2D eigenvalue weighted by Crippen LogP contribution is 2.14. The summed E-state index contributed by atoms with van der Waals surface area (Å²) >= 11 is 5.39. The van der Waals surface area contributed by atoms with Crippen LogP contribution in [-0.2, 0) is 6.42 Å². The van der Waals surface area contributed by atoms with E-state index < -0.39 is 0 Å². The molecule has 0 bridgehead atoms. The highest BCUT2D eigenvalue weighted by atomic mass is 32.1. The molecule has 0 saturated heterocycles. The van der Waals surface area contributed by atoms with E-state index in [1.165, 1.54) is 5.56 Å². The topological polar surface area (TPSA) is 67.9 Å². The van der Waals surface area contributed by atoms with Crippen molar-refractivity contribution in [3.05, 3.63) is 84.6 Å². The zero-order valence-electron chi connectivity index (χ0n) is 14.4. The summed E-state index contributed by atoms with van der Waals surface area (Å²) in [4.78, 5) is 0. The molecule has 0 aliphatic rings. The number of hydrogen-bond donors (Lipinski definition) is 3. The molecule has 1 aromatic heterocycles. The number of rotatable bonds is 6. The van der Waals surface area contributed by atoms with E-state index in [-0.39, 0.29) is 0 Å². The van der Waals surface area contributed by atoms with Gasteiger partial charge >= 0.3 is 0 Å². The summed E-state index contributed by atoms with van der Waals surface area (Å²) in [6.45, 7) is 4.47. The number of nitrogens with zero attached hydrogens (tertiary/aromatic N) is 2. The molecule has 3 aromatic rings. The third-order valence-electron chi connectivity index (χ3n) is 3.91. The van der Waals surface area contributed by atoms with Crippen molar-refractivity contribution in [3.8, 4) is 5.69 Å². The van der Waals surface area contributed by atoms with Crippen molar-refractivity contribution in [1.82, 2.24) is 15.1 Å². The Morgan fingerprint density at radius 3 is 2.50 bits per heavy atom. The lowest BCUT2D eigenvalue weighted by atomic mass is 10.1. The van der Waals surface area contributed by atoms with Gasteiger partial charge in [0.05, 0.1) is 11.9 Å². The SMILES string of the molecule is C=C(N)c1ccc(CCNC(=S)Nc2ccnn2-c2ccccc2)cc1. The van der Waals surface area contributed by atoms with Crippen molar-refractivity contribution in [1.29, 1.82) is 0 Å². The summed E-state index contributed by atoms with van der Waals surface area (Å²) < 4.78 is 1.81. The fraction of sp³-hybridized carbons (Fsp3) is 0.100. The van der Waals surface area contributed by atoms with Crippen LogP contribution in [0, 0.1) is 0 Å². The molecule has 6 heteroatoms. The third-order valence-corrected chi connectivity index (χ3v) is 4.16. The highest BCUT2D eigenvalue weighted by Gasteiger charge is 2.06. The Labute approximate surface area is 158 Å². The Kier molecular flexibility index (Phi) is 5.66. The molecule has 0 fully saturated rings. The minimum Gasteiger partial charge on any atom is -0.399 e. The molecule has 0 saturated carbocycles. The zero-order valence-corrected chi connectivity index (χ0v) is 15.2. The molecular weight excluding hydrogens is 342 g/mol. The van der Waals surface area contributed by atoms with Gasteiger partial charge in [0.2, 0.25) is 0 Å². The maximum atomic E-state index is 5.68. The molecule has 0 aliphatic carbocycles. The normalized spacial score (nSPS) is 10.3. The van der Waals surface area contributed by atoms with Crippen LogP contribution in [0.4, 0.5) is 5.82 Å². The monoisotopic (exact) mass is 363 g/mol. The standard InChI is InChI=1S/C20H21N5S/c1-15(21)17-9-7-16(8-10-17)11-13-22-20(26)24-19-12-14-23-25(19)18-5-3-2-4-6-18/h2-10,12,14H,1,11,13,21H2,(H2,22,24,26). The predicted octanol–water partition coefficient (Wildman–Crippen LogP) is 3.33. The molecule has 0 radical (unpaired) electrons. The molecule has 3 rings (SSSR count). The first-order chi connectivity index (χ1) is 12.6. The van der Waals surface area contributed by atoms with E-state index in [4.69, 9.17) is 18.0 Å². The van der Waals surface area contributed by atoms with Crippen molar-refractivity contribution in [2.75, 3.05) is 11.9 Å². The minimum atomic E-state index is 0.564. The summed E-state index contributed by atoms with van der Waals surface area (Å²) in [5.41, 5.74) is 9.40. The van der Waals surface area contributed by atoms with E-state index in [0.717, 1.165) is 30.0 Å². The number of aromatic nitrogens is 2. The molecule has 0 aliphatic heterocycles. The smallest absolute Gasteiger partial charge is 0.171 e. The number of hydrogen-bond acceptors (Lipinski definition) is 3. The molecule has 0 atom stereocenters. The van der Waals surface area contributed by atoms with Crippen LogP contribution in [0.15, 0.2) is 73.4 Å². The van der Waals surface area contributed by atoms with E-state index in [9.17, 15) is 0 Å². The number of nitrogens with one attached hydrogen (secondary N) is 2. The van der Waals surface area contributed by atoms with E-state index >= 15 is 0 Å². The maximum Gasteiger partial charge on any atom is 0.171 e. The van der Waals surface area contributed by atoms with Crippen molar-refractivity contribution in [2.45, 2.75) is 6.42 Å². The summed E-state index contributed by atoms with van der Waals surface area (Å²) in [7, 11) is 0. The molecule has 1 heterocycles. The molecular formula is C20H21N5S. The van der Waals surface area contributed by atoms with E-state index in [0.29, 0.717) is 10.8 Å². The molecule has 4 N–H and O–H groups in total. The number of thiocarbonyl (C=S) groups is 1. The van der Waals surface area contributed by atoms with Crippen molar-refractivity contribution in [2.24, 2.45) is 5.73 Å². The lowest BCUT2D eigenvalue weighted by Gasteiger charge is -2.12. The number of benzene rings is 2. The van der Waals surface area contributed by atoms with Gasteiger partial charge in [-0.2, -0.15) is 5.10 Å². The van der Waals surface area contributed by atoms with Gasteiger partial charge in [-0.05, 0) is 41.9 Å². The van der Waals surface area contributed by atoms with Crippen LogP contribution in [0.5, 0.6) is 0 Å². The Balaban J connectivity index is 1.52. The first kappa shape index (κ1) is 17.7. The number of para-hydroxylation sites is 1. The van der Waals surface area contributed by atoms with Crippen LogP contribution in [0.2, 0.25) is 0 Å². The Morgan fingerprint density at radius 1 is 1.08 bits per heavy atom. The lowest BCUT2D eigenvalue weighted by Crippen LogP contribution is -2.31. The molecule has 5 nitrogen and oxygen atoms in total. The van der Waals surface area contributed by atoms with Gasteiger partial charge in [-0.1, -0.05) is 49.0 Å². The van der Waals surface area contributed by atoms with Crippen LogP contribution in [0.25, 0.3) is 11.4 Å². The predicted molar refractivity (Wildman–Crippen MR) is 111 cm³/mol. The quantitative estimate of drug-likeness (QED) is 0.586. The summed E-state index contributed by atoms with van der Waals surface area (Å²) in [5.74, 6) is 0.819. The second kappa shape index (κ2) is 8.31. The molecule has 132 valence electrons. The summed E-state index contributed by atoms with van der Waals surface area (Å²) in [5, 5.41) is 11.3. The van der Waals surface area contributed by atoms with Crippen molar-refractivity contribution < 1.29 is 0 Å². The third kappa shape index (κ3) is 4.49. The van der Waals surface area contributed by atoms with Gasteiger partial charge in [0.25, 0.3) is 0 Å². The molecule has 26 heavy (non-hydrogen) atoms. The summed E-state index contributed by atoms with van der Waals surface area (Å²) in [6.07, 6.45) is 2.60. The van der Waals surface area contributed by atoms with Crippen LogP contribution in [-0.4, -0.2) is 21.4 Å².